The van der Waals surface area contributed by atoms with Gasteiger partial charge < -0.3 is 4.42 Å². The zero-order valence-corrected chi connectivity index (χ0v) is 10.6. The number of aromatic nitrogens is 2. The van der Waals surface area contributed by atoms with Gasteiger partial charge in [-0.05, 0) is 35.8 Å². The largest absolute Gasteiger partial charge is 0.469 e. The molecule has 0 amide bonds. The summed E-state index contributed by atoms with van der Waals surface area (Å²) in [5.74, 6) is 0.554. The van der Waals surface area contributed by atoms with Crippen molar-refractivity contribution in [2.45, 2.75) is 20.4 Å². The molecule has 5 heteroatoms. The van der Waals surface area contributed by atoms with E-state index in [0.29, 0.717) is 28.0 Å². The van der Waals surface area contributed by atoms with Gasteiger partial charge in [-0.25, -0.2) is 0 Å². The predicted molar refractivity (Wildman–Crippen MR) is 62.5 cm³/mol. The van der Waals surface area contributed by atoms with Gasteiger partial charge in [-0.3, -0.25) is 9.48 Å². The third-order valence-corrected chi connectivity index (χ3v) is 2.99. The van der Waals surface area contributed by atoms with Crippen LogP contribution in [0.15, 0.2) is 27.4 Å². The molecule has 0 unspecified atom stereocenters. The lowest BCUT2D eigenvalue weighted by molar-refractivity contribution is 0.102. The van der Waals surface area contributed by atoms with Crippen molar-refractivity contribution in [1.29, 1.82) is 0 Å². The predicted octanol–water partition coefficient (Wildman–Crippen LogP) is 2.80. The first-order valence-electron chi connectivity index (χ1n) is 4.95. The normalized spacial score (nSPS) is 10.7. The first-order valence-corrected chi connectivity index (χ1v) is 5.74. The van der Waals surface area contributed by atoms with Gasteiger partial charge in [-0.2, -0.15) is 5.10 Å². The zero-order valence-electron chi connectivity index (χ0n) is 9.03. The van der Waals surface area contributed by atoms with E-state index >= 15 is 0 Å². The molecule has 16 heavy (non-hydrogen) atoms. The van der Waals surface area contributed by atoms with Gasteiger partial charge >= 0.3 is 0 Å². The van der Waals surface area contributed by atoms with E-state index in [9.17, 15) is 4.79 Å². The third-order valence-electron chi connectivity index (χ3n) is 2.41. The van der Waals surface area contributed by atoms with Crippen molar-refractivity contribution >= 4 is 21.7 Å². The highest BCUT2D eigenvalue weighted by Gasteiger charge is 2.20. The molecule has 0 atom stereocenters. The fourth-order valence-electron chi connectivity index (χ4n) is 1.58. The van der Waals surface area contributed by atoms with Crippen molar-refractivity contribution < 1.29 is 9.21 Å². The summed E-state index contributed by atoms with van der Waals surface area (Å²) < 4.78 is 7.51. The van der Waals surface area contributed by atoms with Crippen LogP contribution in [0.5, 0.6) is 0 Å². The van der Waals surface area contributed by atoms with E-state index in [1.165, 1.54) is 6.26 Å². The van der Waals surface area contributed by atoms with Crippen molar-refractivity contribution in [1.82, 2.24) is 9.78 Å². The van der Waals surface area contributed by atoms with Crippen LogP contribution in [-0.2, 0) is 6.54 Å². The molecule has 0 spiro atoms. The highest BCUT2D eigenvalue weighted by atomic mass is 79.9. The summed E-state index contributed by atoms with van der Waals surface area (Å²) in [5.41, 5.74) is 1.14. The fourth-order valence-corrected chi connectivity index (χ4v) is 2.05. The van der Waals surface area contributed by atoms with Crippen LogP contribution in [0.3, 0.4) is 0 Å². The molecule has 0 radical (unpaired) electrons. The summed E-state index contributed by atoms with van der Waals surface area (Å²) in [6, 6.07) is 1.68. The van der Waals surface area contributed by atoms with Gasteiger partial charge in [0.1, 0.15) is 11.5 Å². The molecule has 0 fully saturated rings. The minimum Gasteiger partial charge on any atom is -0.469 e. The number of carbonyl (C=O) groups is 1. The van der Waals surface area contributed by atoms with E-state index in [1.807, 2.05) is 6.92 Å². The molecule has 0 N–H and O–H groups in total. The Bertz CT molecular complexity index is 528. The molecule has 0 saturated heterocycles. The van der Waals surface area contributed by atoms with E-state index in [4.69, 9.17) is 4.42 Å². The van der Waals surface area contributed by atoms with Gasteiger partial charge in [-0.1, -0.05) is 0 Å². The Morgan fingerprint density at radius 2 is 2.38 bits per heavy atom. The Kier molecular flexibility index (Phi) is 2.96. The molecule has 0 bridgehead atoms. The third kappa shape index (κ3) is 1.71. The molecule has 2 rings (SSSR count). The highest BCUT2D eigenvalue weighted by molar-refractivity contribution is 9.10. The topological polar surface area (TPSA) is 48.0 Å². The van der Waals surface area contributed by atoms with Gasteiger partial charge in [0.15, 0.2) is 0 Å². The Morgan fingerprint density at radius 1 is 1.62 bits per heavy atom. The number of ketones is 1. The van der Waals surface area contributed by atoms with Crippen LogP contribution in [0, 0.1) is 6.92 Å². The summed E-state index contributed by atoms with van der Waals surface area (Å²) in [4.78, 5) is 12.2. The maximum atomic E-state index is 12.2. The molecular weight excluding hydrogens is 272 g/mol. The van der Waals surface area contributed by atoms with Crippen molar-refractivity contribution in [2.75, 3.05) is 0 Å². The lowest BCUT2D eigenvalue weighted by atomic mass is 10.1. The number of hydrogen-bond donors (Lipinski definition) is 0. The lowest BCUT2D eigenvalue weighted by Gasteiger charge is -2.03. The van der Waals surface area contributed by atoms with Gasteiger partial charge in [0.05, 0.1) is 22.5 Å². The monoisotopic (exact) mass is 282 g/mol. The van der Waals surface area contributed by atoms with Crippen LogP contribution >= 0.6 is 15.9 Å². The quantitative estimate of drug-likeness (QED) is 0.814. The second-order valence-electron chi connectivity index (χ2n) is 3.38. The van der Waals surface area contributed by atoms with E-state index < -0.39 is 0 Å². The molecule has 84 valence electrons. The van der Waals surface area contributed by atoms with Crippen molar-refractivity contribution in [2.24, 2.45) is 0 Å². The summed E-state index contributed by atoms with van der Waals surface area (Å²) in [6.45, 7) is 4.37. The maximum Gasteiger partial charge on any atom is 0.215 e. The summed E-state index contributed by atoms with van der Waals surface area (Å²) >= 11 is 3.33. The molecule has 0 saturated carbocycles. The molecular formula is C11H11BrN2O2. The molecule has 0 aliphatic heterocycles. The molecule has 0 aliphatic carbocycles. The van der Waals surface area contributed by atoms with Crippen molar-refractivity contribution in [3.63, 3.8) is 0 Å². The number of nitrogens with zero attached hydrogens (tertiary/aromatic N) is 2. The summed E-state index contributed by atoms with van der Waals surface area (Å²) in [7, 11) is 0. The molecule has 2 heterocycles. The number of hydrogen-bond acceptors (Lipinski definition) is 3. The average molecular weight is 283 g/mol. The number of halogens is 1. The van der Waals surface area contributed by atoms with E-state index in [1.54, 1.807) is 23.9 Å². The van der Waals surface area contributed by atoms with Crippen LogP contribution in [0.1, 0.15) is 28.7 Å². The minimum absolute atomic E-state index is 0.0718. The molecule has 2 aromatic rings. The number of furan rings is 1. The number of carbonyl (C=O) groups excluding carboxylic acids is 1. The molecule has 4 nitrogen and oxygen atoms in total. The Hall–Kier alpha value is -1.36. The van der Waals surface area contributed by atoms with E-state index in [2.05, 4.69) is 21.0 Å². The van der Waals surface area contributed by atoms with Gasteiger partial charge in [0.25, 0.3) is 0 Å². The molecule has 0 aliphatic rings. The number of rotatable bonds is 3. The Balaban J connectivity index is 2.49. The van der Waals surface area contributed by atoms with Crippen LogP contribution < -0.4 is 0 Å². The first-order chi connectivity index (χ1) is 7.65. The first kappa shape index (κ1) is 11.1. The second kappa shape index (κ2) is 4.25. The molecule has 2 aromatic heterocycles. The average Bonchev–Trinajstić information content (AvgIpc) is 2.83. The summed E-state index contributed by atoms with van der Waals surface area (Å²) in [5, 5.41) is 4.11. The second-order valence-corrected chi connectivity index (χ2v) is 4.23. The number of aryl methyl sites for hydroxylation is 2. The Morgan fingerprint density at radius 3 is 2.94 bits per heavy atom. The maximum absolute atomic E-state index is 12.2. The SMILES string of the molecule is CCn1ncc(Br)c1C(=O)c1ccoc1C. The van der Waals surface area contributed by atoms with E-state index in [0.717, 1.165) is 0 Å². The lowest BCUT2D eigenvalue weighted by Crippen LogP contribution is -2.11. The smallest absolute Gasteiger partial charge is 0.215 e. The van der Waals surface area contributed by atoms with Crippen LogP contribution in [0.25, 0.3) is 0 Å². The minimum atomic E-state index is -0.0718. The van der Waals surface area contributed by atoms with Crippen LogP contribution in [-0.4, -0.2) is 15.6 Å². The standard InChI is InChI=1S/C11H11BrN2O2/c1-3-14-10(9(12)6-13-14)11(15)8-4-5-16-7(8)2/h4-6H,3H2,1-2H3. The summed E-state index contributed by atoms with van der Waals surface area (Å²) in [6.07, 6.45) is 3.15. The van der Waals surface area contributed by atoms with Crippen molar-refractivity contribution in [3.05, 3.63) is 40.0 Å². The highest BCUT2D eigenvalue weighted by Crippen LogP contribution is 2.21. The van der Waals surface area contributed by atoms with Crippen LogP contribution in [0.2, 0.25) is 0 Å². The Labute approximate surface area is 101 Å². The zero-order chi connectivity index (χ0) is 11.7. The van der Waals surface area contributed by atoms with Crippen LogP contribution in [0.4, 0.5) is 0 Å². The van der Waals surface area contributed by atoms with Gasteiger partial charge in [0.2, 0.25) is 5.78 Å². The van der Waals surface area contributed by atoms with Gasteiger partial charge in [0, 0.05) is 6.54 Å². The molecule has 0 aromatic carbocycles. The van der Waals surface area contributed by atoms with Gasteiger partial charge in [-0.15, -0.1) is 0 Å². The van der Waals surface area contributed by atoms with E-state index in [-0.39, 0.29) is 5.78 Å². The fraction of sp³-hybridized carbons (Fsp3) is 0.273. The van der Waals surface area contributed by atoms with Crippen molar-refractivity contribution in [3.8, 4) is 0 Å².